The molecule has 3 rings (SSSR count). The molecule has 3 N–H and O–H groups in total. The zero-order valence-electron chi connectivity index (χ0n) is 10.4. The molecule has 1 aliphatic rings. The van der Waals surface area contributed by atoms with Crippen LogP contribution >= 0.6 is 0 Å². The van der Waals surface area contributed by atoms with E-state index in [9.17, 15) is 9.59 Å². The second-order valence-electron chi connectivity index (χ2n) is 4.85. The van der Waals surface area contributed by atoms with Crippen LogP contribution in [0.25, 0.3) is 11.1 Å². The third kappa shape index (κ3) is 3.03. The van der Waals surface area contributed by atoms with Gasteiger partial charge in [0.25, 0.3) is 0 Å². The highest BCUT2D eigenvalue weighted by Gasteiger charge is 2.20. The molecule has 0 unspecified atom stereocenters. The van der Waals surface area contributed by atoms with E-state index in [4.69, 9.17) is 4.42 Å². The predicted octanol–water partition coefficient (Wildman–Crippen LogP) is 1.06. The number of hydrogen-bond acceptors (Lipinski definition) is 4. The summed E-state index contributed by atoms with van der Waals surface area (Å²) in [6.07, 6.45) is 2.53. The highest BCUT2D eigenvalue weighted by Crippen LogP contribution is 2.27. The second kappa shape index (κ2) is 4.89. The van der Waals surface area contributed by atoms with Gasteiger partial charge >= 0.3 is 5.76 Å². The van der Waals surface area contributed by atoms with Crippen molar-refractivity contribution in [3.63, 3.8) is 0 Å². The lowest BCUT2D eigenvalue weighted by atomic mass is 10.3. The Hall–Kier alpha value is -2.08. The molecule has 0 saturated heterocycles. The van der Waals surface area contributed by atoms with Gasteiger partial charge in [0.1, 0.15) is 0 Å². The first-order chi connectivity index (χ1) is 9.20. The van der Waals surface area contributed by atoms with Crippen molar-refractivity contribution in [2.45, 2.75) is 12.8 Å². The number of H-pyrrole nitrogens is 1. The Morgan fingerprint density at radius 3 is 3.05 bits per heavy atom. The van der Waals surface area contributed by atoms with Gasteiger partial charge in [-0.3, -0.25) is 9.78 Å². The summed E-state index contributed by atoms with van der Waals surface area (Å²) in [5.74, 6) is 0.163. The van der Waals surface area contributed by atoms with Crippen molar-refractivity contribution in [1.82, 2.24) is 10.3 Å². The Morgan fingerprint density at radius 2 is 2.26 bits per heavy atom. The lowest BCUT2D eigenvalue weighted by Gasteiger charge is -2.06. The largest absolute Gasteiger partial charge is 0.417 e. The van der Waals surface area contributed by atoms with E-state index in [1.807, 2.05) is 0 Å². The van der Waals surface area contributed by atoms with Crippen LogP contribution in [0, 0.1) is 5.92 Å². The molecule has 0 aliphatic heterocycles. The van der Waals surface area contributed by atoms with Crippen LogP contribution in [0.4, 0.5) is 5.69 Å². The molecular formula is C13H15N3O3. The molecule has 0 bridgehead atoms. The summed E-state index contributed by atoms with van der Waals surface area (Å²) in [5, 5.41) is 5.89. The number of rotatable bonds is 5. The van der Waals surface area contributed by atoms with Crippen LogP contribution in [0.5, 0.6) is 0 Å². The molecule has 2 aromatic rings. The third-order valence-electron chi connectivity index (χ3n) is 3.12. The first kappa shape index (κ1) is 12.0. The molecule has 0 radical (unpaired) electrons. The number of oxazole rings is 1. The van der Waals surface area contributed by atoms with Crippen molar-refractivity contribution in [2.75, 3.05) is 18.4 Å². The Balaban J connectivity index is 1.59. The molecular weight excluding hydrogens is 246 g/mol. The molecule has 1 saturated carbocycles. The van der Waals surface area contributed by atoms with Crippen LogP contribution in [-0.4, -0.2) is 24.0 Å². The minimum Gasteiger partial charge on any atom is -0.408 e. The summed E-state index contributed by atoms with van der Waals surface area (Å²) in [6.45, 7) is 1.21. The zero-order chi connectivity index (χ0) is 13.2. The molecule has 1 fully saturated rings. The number of benzene rings is 1. The van der Waals surface area contributed by atoms with Crippen molar-refractivity contribution in [2.24, 2.45) is 5.92 Å². The molecule has 1 aromatic carbocycles. The Morgan fingerprint density at radius 1 is 1.42 bits per heavy atom. The minimum absolute atomic E-state index is 0.0918. The van der Waals surface area contributed by atoms with E-state index in [0.717, 1.165) is 12.5 Å². The molecule has 6 nitrogen and oxygen atoms in total. The normalized spacial score (nSPS) is 14.7. The molecule has 6 heteroatoms. The molecule has 19 heavy (non-hydrogen) atoms. The van der Waals surface area contributed by atoms with Gasteiger partial charge in [-0.25, -0.2) is 4.79 Å². The van der Waals surface area contributed by atoms with Gasteiger partial charge in [-0.05, 0) is 43.5 Å². The maximum Gasteiger partial charge on any atom is 0.417 e. The smallest absolute Gasteiger partial charge is 0.408 e. The molecule has 1 aromatic heterocycles. The second-order valence-corrected chi connectivity index (χ2v) is 4.85. The Labute approximate surface area is 109 Å². The molecule has 1 aliphatic carbocycles. The highest BCUT2D eigenvalue weighted by molar-refractivity contribution is 5.94. The monoisotopic (exact) mass is 261 g/mol. The van der Waals surface area contributed by atoms with Crippen molar-refractivity contribution >= 4 is 22.7 Å². The van der Waals surface area contributed by atoms with Crippen molar-refractivity contribution in [1.29, 1.82) is 0 Å². The van der Waals surface area contributed by atoms with E-state index in [1.54, 1.807) is 18.2 Å². The van der Waals surface area contributed by atoms with E-state index >= 15 is 0 Å². The average molecular weight is 261 g/mol. The lowest BCUT2D eigenvalue weighted by Crippen LogP contribution is -2.29. The third-order valence-corrected chi connectivity index (χ3v) is 3.12. The van der Waals surface area contributed by atoms with Gasteiger partial charge in [0.05, 0.1) is 12.1 Å². The fraction of sp³-hybridized carbons (Fsp3) is 0.385. The van der Waals surface area contributed by atoms with Crippen LogP contribution < -0.4 is 16.4 Å². The average Bonchev–Trinajstić information content (AvgIpc) is 3.09. The van der Waals surface area contributed by atoms with E-state index in [0.29, 0.717) is 23.3 Å². The van der Waals surface area contributed by atoms with E-state index in [-0.39, 0.29) is 5.91 Å². The number of carbonyl (C=O) groups is 1. The van der Waals surface area contributed by atoms with Crippen LogP contribution in [0.1, 0.15) is 12.8 Å². The first-order valence-corrected chi connectivity index (χ1v) is 6.34. The summed E-state index contributed by atoms with van der Waals surface area (Å²) in [6, 6.07) is 5.04. The van der Waals surface area contributed by atoms with Crippen molar-refractivity contribution in [3.8, 4) is 0 Å². The fourth-order valence-corrected chi connectivity index (χ4v) is 1.95. The minimum atomic E-state index is -0.496. The molecule has 1 heterocycles. The van der Waals surface area contributed by atoms with Gasteiger partial charge in [-0.1, -0.05) is 0 Å². The maximum absolute atomic E-state index is 11.7. The molecule has 100 valence electrons. The summed E-state index contributed by atoms with van der Waals surface area (Å²) in [7, 11) is 0. The maximum atomic E-state index is 11.7. The van der Waals surface area contributed by atoms with Crippen molar-refractivity contribution in [3.05, 3.63) is 28.7 Å². The van der Waals surface area contributed by atoms with Crippen molar-refractivity contribution < 1.29 is 9.21 Å². The molecule has 0 atom stereocenters. The van der Waals surface area contributed by atoms with Gasteiger partial charge in [0, 0.05) is 5.69 Å². The number of nitrogens with one attached hydrogen (secondary N) is 3. The van der Waals surface area contributed by atoms with Crippen LogP contribution in [0.15, 0.2) is 27.4 Å². The number of aromatic amines is 1. The summed E-state index contributed by atoms with van der Waals surface area (Å²) in [5.41, 5.74) is 1.70. The van der Waals surface area contributed by atoms with E-state index < -0.39 is 5.76 Å². The Kier molecular flexibility index (Phi) is 3.08. The van der Waals surface area contributed by atoms with Crippen LogP contribution in [0.3, 0.4) is 0 Å². The Bertz CT molecular complexity index is 654. The highest BCUT2D eigenvalue weighted by atomic mass is 16.4. The van der Waals surface area contributed by atoms with Crippen LogP contribution in [0.2, 0.25) is 0 Å². The SMILES string of the molecule is O=C(CNCC1CC1)Nc1ccc2oc(=O)[nH]c2c1. The van der Waals surface area contributed by atoms with Gasteiger partial charge in [0.15, 0.2) is 5.58 Å². The van der Waals surface area contributed by atoms with Gasteiger partial charge in [-0.2, -0.15) is 0 Å². The number of fused-ring (bicyclic) bond motifs is 1. The summed E-state index contributed by atoms with van der Waals surface area (Å²) < 4.78 is 4.89. The van der Waals surface area contributed by atoms with Gasteiger partial charge in [0.2, 0.25) is 5.91 Å². The first-order valence-electron chi connectivity index (χ1n) is 6.34. The summed E-state index contributed by atoms with van der Waals surface area (Å²) >= 11 is 0. The number of carbonyl (C=O) groups excluding carboxylic acids is 1. The van der Waals surface area contributed by atoms with E-state index in [2.05, 4.69) is 15.6 Å². The zero-order valence-corrected chi connectivity index (χ0v) is 10.4. The topological polar surface area (TPSA) is 87.1 Å². The fourth-order valence-electron chi connectivity index (χ4n) is 1.95. The number of aromatic nitrogens is 1. The molecule has 0 spiro atoms. The van der Waals surface area contributed by atoms with Crippen LogP contribution in [-0.2, 0) is 4.79 Å². The van der Waals surface area contributed by atoms with Gasteiger partial charge < -0.3 is 15.1 Å². The predicted molar refractivity (Wildman–Crippen MR) is 71.1 cm³/mol. The van der Waals surface area contributed by atoms with E-state index in [1.165, 1.54) is 12.8 Å². The number of anilines is 1. The quantitative estimate of drug-likeness (QED) is 0.751. The molecule has 1 amide bonds. The summed E-state index contributed by atoms with van der Waals surface area (Å²) in [4.78, 5) is 25.2. The number of amides is 1. The standard InChI is InChI=1S/C13H15N3O3/c17-12(7-14-6-8-1-2-8)15-9-3-4-11-10(5-9)16-13(18)19-11/h3-5,8,14H,1-2,6-7H2,(H,15,17)(H,16,18). The van der Waals surface area contributed by atoms with Gasteiger partial charge in [-0.15, -0.1) is 0 Å². The number of hydrogen-bond donors (Lipinski definition) is 3. The lowest BCUT2D eigenvalue weighted by molar-refractivity contribution is -0.115.